The number of ether oxygens (including phenoxy) is 1. The number of halogens is 2. The number of aliphatic hydroxyl groups excluding tert-OH is 1. The van der Waals surface area contributed by atoms with E-state index in [1.54, 1.807) is 19.9 Å². The Morgan fingerprint density at radius 1 is 1.45 bits per heavy atom. The van der Waals surface area contributed by atoms with Crippen molar-refractivity contribution in [3.8, 4) is 6.07 Å². The molecule has 0 saturated carbocycles. The number of aliphatic hydroxyl groups is 1. The molecule has 0 aliphatic carbocycles. The van der Waals surface area contributed by atoms with E-state index in [0.717, 1.165) is 12.1 Å². The Hall–Kier alpha value is -1.71. The SMILES string of the molecule is CC1(C)CN(c2c(F)cc(C#N)cc2F)CC(CO)O1. The molecule has 1 unspecified atom stereocenters. The van der Waals surface area contributed by atoms with Crippen molar-refractivity contribution < 1.29 is 18.6 Å². The second kappa shape index (κ2) is 5.35. The molecule has 2 rings (SSSR count). The molecule has 1 heterocycles. The highest BCUT2D eigenvalue weighted by Gasteiger charge is 2.35. The third kappa shape index (κ3) is 2.89. The van der Waals surface area contributed by atoms with Gasteiger partial charge in [0.15, 0.2) is 11.6 Å². The first-order chi connectivity index (χ1) is 9.36. The lowest BCUT2D eigenvalue weighted by molar-refractivity contribution is -0.101. The molecule has 0 radical (unpaired) electrons. The number of morpholine rings is 1. The van der Waals surface area contributed by atoms with Crippen LogP contribution < -0.4 is 4.90 Å². The fraction of sp³-hybridized carbons (Fsp3) is 0.500. The highest BCUT2D eigenvalue weighted by atomic mass is 19.1. The van der Waals surface area contributed by atoms with Gasteiger partial charge in [0, 0.05) is 13.1 Å². The van der Waals surface area contributed by atoms with Crippen LogP contribution in [-0.2, 0) is 4.74 Å². The summed E-state index contributed by atoms with van der Waals surface area (Å²) in [4.78, 5) is 1.51. The first-order valence-corrected chi connectivity index (χ1v) is 6.29. The molecule has 0 spiro atoms. The van der Waals surface area contributed by atoms with Crippen LogP contribution in [0.2, 0.25) is 0 Å². The van der Waals surface area contributed by atoms with Crippen LogP contribution in [0.5, 0.6) is 0 Å². The predicted octanol–water partition coefficient (Wildman–Crippen LogP) is 1.81. The highest BCUT2D eigenvalue weighted by molar-refractivity contribution is 5.53. The first-order valence-electron chi connectivity index (χ1n) is 6.29. The van der Waals surface area contributed by atoms with Crippen LogP contribution in [0.1, 0.15) is 19.4 Å². The Bertz CT molecular complexity index is 532. The third-order valence-electron chi connectivity index (χ3n) is 3.15. The van der Waals surface area contributed by atoms with E-state index in [2.05, 4.69) is 0 Å². The van der Waals surface area contributed by atoms with Gasteiger partial charge in [-0.1, -0.05) is 0 Å². The molecular formula is C14H16F2N2O2. The summed E-state index contributed by atoms with van der Waals surface area (Å²) < 4.78 is 33.7. The van der Waals surface area contributed by atoms with Gasteiger partial charge in [-0.3, -0.25) is 0 Å². The van der Waals surface area contributed by atoms with E-state index in [1.165, 1.54) is 4.90 Å². The Kier molecular flexibility index (Phi) is 3.93. The number of hydrogen-bond donors (Lipinski definition) is 1. The van der Waals surface area contributed by atoms with Gasteiger partial charge in [-0.25, -0.2) is 8.78 Å². The summed E-state index contributed by atoms with van der Waals surface area (Å²) in [7, 11) is 0. The zero-order valence-corrected chi connectivity index (χ0v) is 11.4. The minimum atomic E-state index is -0.782. The smallest absolute Gasteiger partial charge is 0.150 e. The molecule has 0 bridgehead atoms. The number of nitrogens with zero attached hydrogens (tertiary/aromatic N) is 2. The van der Waals surface area contributed by atoms with Gasteiger partial charge in [-0.2, -0.15) is 5.26 Å². The standard InChI is InChI=1S/C14H16F2N2O2/c1-14(2)8-18(6-10(7-19)20-14)13-11(15)3-9(5-17)4-12(13)16/h3-4,10,19H,6-8H2,1-2H3. The van der Waals surface area contributed by atoms with Crippen molar-refractivity contribution in [2.75, 3.05) is 24.6 Å². The number of rotatable bonds is 2. The average molecular weight is 282 g/mol. The maximum absolute atomic E-state index is 14.0. The predicted molar refractivity (Wildman–Crippen MR) is 69.3 cm³/mol. The van der Waals surface area contributed by atoms with Gasteiger partial charge in [0.05, 0.1) is 29.9 Å². The van der Waals surface area contributed by atoms with Crippen LogP contribution in [0.25, 0.3) is 0 Å². The molecule has 1 aromatic carbocycles. The minimum Gasteiger partial charge on any atom is -0.394 e. The second-order valence-corrected chi connectivity index (χ2v) is 5.46. The molecule has 108 valence electrons. The van der Waals surface area contributed by atoms with Crippen LogP contribution in [-0.4, -0.2) is 36.5 Å². The molecule has 1 fully saturated rings. The monoisotopic (exact) mass is 282 g/mol. The maximum atomic E-state index is 14.0. The lowest BCUT2D eigenvalue weighted by atomic mass is 10.0. The van der Waals surface area contributed by atoms with Crippen molar-refractivity contribution in [1.82, 2.24) is 0 Å². The fourth-order valence-electron chi connectivity index (χ4n) is 2.49. The van der Waals surface area contributed by atoms with E-state index in [9.17, 15) is 13.9 Å². The maximum Gasteiger partial charge on any atom is 0.150 e. The summed E-state index contributed by atoms with van der Waals surface area (Å²) in [6.07, 6.45) is -0.506. The Morgan fingerprint density at radius 2 is 2.05 bits per heavy atom. The summed E-state index contributed by atoms with van der Waals surface area (Å²) in [5.74, 6) is -1.56. The van der Waals surface area contributed by atoms with E-state index in [0.29, 0.717) is 6.54 Å². The van der Waals surface area contributed by atoms with Crippen molar-refractivity contribution in [2.24, 2.45) is 0 Å². The second-order valence-electron chi connectivity index (χ2n) is 5.46. The van der Waals surface area contributed by atoms with Crippen LogP contribution in [0, 0.1) is 23.0 Å². The Labute approximate surface area is 116 Å². The van der Waals surface area contributed by atoms with Crippen LogP contribution in [0.15, 0.2) is 12.1 Å². The van der Waals surface area contributed by atoms with E-state index >= 15 is 0 Å². The van der Waals surface area contributed by atoms with Crippen molar-refractivity contribution in [3.05, 3.63) is 29.3 Å². The quantitative estimate of drug-likeness (QED) is 0.899. The summed E-state index contributed by atoms with van der Waals surface area (Å²) in [5, 5.41) is 17.9. The number of nitriles is 1. The molecular weight excluding hydrogens is 266 g/mol. The first kappa shape index (κ1) is 14.7. The van der Waals surface area contributed by atoms with Gasteiger partial charge in [0.2, 0.25) is 0 Å². The highest BCUT2D eigenvalue weighted by Crippen LogP contribution is 2.30. The molecule has 0 amide bonds. The molecule has 4 nitrogen and oxygen atoms in total. The normalized spacial score (nSPS) is 21.6. The zero-order chi connectivity index (χ0) is 14.9. The molecule has 1 aliphatic rings. The number of benzene rings is 1. The molecule has 1 saturated heterocycles. The van der Waals surface area contributed by atoms with Gasteiger partial charge in [-0.05, 0) is 26.0 Å². The lowest BCUT2D eigenvalue weighted by Gasteiger charge is -2.43. The lowest BCUT2D eigenvalue weighted by Crippen LogP contribution is -2.54. The number of hydrogen-bond acceptors (Lipinski definition) is 4. The molecule has 1 aromatic rings. The summed E-state index contributed by atoms with van der Waals surface area (Å²) in [5.41, 5.74) is -0.868. The van der Waals surface area contributed by atoms with Gasteiger partial charge in [0.25, 0.3) is 0 Å². The summed E-state index contributed by atoms with van der Waals surface area (Å²) in [6, 6.07) is 3.73. The van der Waals surface area contributed by atoms with Crippen molar-refractivity contribution in [1.29, 1.82) is 5.26 Å². The summed E-state index contributed by atoms with van der Waals surface area (Å²) >= 11 is 0. The zero-order valence-electron chi connectivity index (χ0n) is 11.4. The fourth-order valence-corrected chi connectivity index (χ4v) is 2.49. The van der Waals surface area contributed by atoms with Crippen LogP contribution >= 0.6 is 0 Å². The molecule has 0 aromatic heterocycles. The van der Waals surface area contributed by atoms with Crippen LogP contribution in [0.4, 0.5) is 14.5 Å². The largest absolute Gasteiger partial charge is 0.394 e. The molecule has 6 heteroatoms. The van der Waals surface area contributed by atoms with Crippen LogP contribution in [0.3, 0.4) is 0 Å². The van der Waals surface area contributed by atoms with Gasteiger partial charge in [0.1, 0.15) is 5.69 Å². The van der Waals surface area contributed by atoms with Crippen molar-refractivity contribution >= 4 is 5.69 Å². The molecule has 1 aliphatic heterocycles. The topological polar surface area (TPSA) is 56.5 Å². The van der Waals surface area contributed by atoms with Crippen molar-refractivity contribution in [2.45, 2.75) is 25.6 Å². The van der Waals surface area contributed by atoms with E-state index in [4.69, 9.17) is 10.00 Å². The average Bonchev–Trinajstić information content (AvgIpc) is 2.35. The number of anilines is 1. The van der Waals surface area contributed by atoms with E-state index < -0.39 is 23.3 Å². The van der Waals surface area contributed by atoms with E-state index in [-0.39, 0.29) is 24.4 Å². The Balaban J connectivity index is 2.38. The third-order valence-corrected chi connectivity index (χ3v) is 3.15. The van der Waals surface area contributed by atoms with Gasteiger partial charge >= 0.3 is 0 Å². The van der Waals surface area contributed by atoms with Gasteiger partial charge in [-0.15, -0.1) is 0 Å². The molecule has 1 atom stereocenters. The van der Waals surface area contributed by atoms with Crippen molar-refractivity contribution in [3.63, 3.8) is 0 Å². The van der Waals surface area contributed by atoms with Gasteiger partial charge < -0.3 is 14.7 Å². The molecule has 20 heavy (non-hydrogen) atoms. The van der Waals surface area contributed by atoms with E-state index in [1.807, 2.05) is 0 Å². The molecule has 1 N–H and O–H groups in total. The minimum absolute atomic E-state index is 0.0602. The Morgan fingerprint density at radius 3 is 2.55 bits per heavy atom. The summed E-state index contributed by atoms with van der Waals surface area (Å²) in [6.45, 7) is 3.85.